The summed E-state index contributed by atoms with van der Waals surface area (Å²) < 4.78 is 33.3. The quantitative estimate of drug-likeness (QED) is 0.517. The second-order valence-corrected chi connectivity index (χ2v) is 9.03. The van der Waals surface area contributed by atoms with Crippen LogP contribution in [0.15, 0.2) is 83.8 Å². The van der Waals surface area contributed by atoms with E-state index in [1.54, 1.807) is 36.4 Å². The van der Waals surface area contributed by atoms with Crippen LogP contribution in [0.3, 0.4) is 0 Å². The summed E-state index contributed by atoms with van der Waals surface area (Å²) in [5, 5.41) is 2.73. The number of nitrogens with zero attached hydrogens (tertiary/aromatic N) is 1. The fourth-order valence-corrected chi connectivity index (χ4v) is 4.35. The molecule has 0 radical (unpaired) electrons. The van der Waals surface area contributed by atoms with Crippen molar-refractivity contribution in [2.45, 2.75) is 18.7 Å². The highest BCUT2D eigenvalue weighted by Crippen LogP contribution is 2.24. The molecule has 1 amide bonds. The zero-order chi connectivity index (χ0) is 22.3. The second-order valence-electron chi connectivity index (χ2n) is 7.17. The Balaban J connectivity index is 1.71. The monoisotopic (exact) mass is 438 g/mol. The van der Waals surface area contributed by atoms with Crippen molar-refractivity contribution in [2.24, 2.45) is 0 Å². The Bertz CT molecular complexity index is 1100. The van der Waals surface area contributed by atoms with Gasteiger partial charge in [-0.15, -0.1) is 0 Å². The molecule has 3 aromatic carbocycles. The van der Waals surface area contributed by atoms with E-state index in [1.807, 2.05) is 56.3 Å². The van der Waals surface area contributed by atoms with Crippen LogP contribution in [0.4, 0.5) is 5.69 Å². The van der Waals surface area contributed by atoms with Crippen LogP contribution in [0.2, 0.25) is 0 Å². The van der Waals surface area contributed by atoms with E-state index in [-0.39, 0.29) is 24.6 Å². The predicted molar refractivity (Wildman–Crippen MR) is 122 cm³/mol. The molecule has 6 nitrogen and oxygen atoms in total. The van der Waals surface area contributed by atoms with Gasteiger partial charge in [-0.3, -0.25) is 9.10 Å². The van der Waals surface area contributed by atoms with Crippen molar-refractivity contribution in [3.05, 3.63) is 90.0 Å². The maximum Gasteiger partial charge on any atom is 0.264 e. The summed E-state index contributed by atoms with van der Waals surface area (Å²) >= 11 is 0. The highest BCUT2D eigenvalue weighted by atomic mass is 32.2. The Labute approximate surface area is 183 Å². The lowest BCUT2D eigenvalue weighted by atomic mass is 10.2. The summed E-state index contributed by atoms with van der Waals surface area (Å²) in [6, 6.07) is 22.9. The number of nitrogens with one attached hydrogen (secondary N) is 1. The molecule has 3 aromatic rings. The number of anilines is 1. The van der Waals surface area contributed by atoms with Crippen LogP contribution in [-0.4, -0.2) is 34.0 Å². The van der Waals surface area contributed by atoms with Gasteiger partial charge in [0.1, 0.15) is 18.9 Å². The van der Waals surface area contributed by atoms with Gasteiger partial charge in [0.25, 0.3) is 10.0 Å². The largest absolute Gasteiger partial charge is 0.492 e. The number of amides is 1. The number of para-hydroxylation sites is 1. The number of aryl methyl sites for hydroxylation is 2. The van der Waals surface area contributed by atoms with Gasteiger partial charge in [0.05, 0.1) is 17.1 Å². The average Bonchev–Trinajstić information content (AvgIpc) is 2.77. The third kappa shape index (κ3) is 6.08. The zero-order valence-corrected chi connectivity index (χ0v) is 18.4. The first-order valence-electron chi connectivity index (χ1n) is 9.97. The van der Waals surface area contributed by atoms with Crippen molar-refractivity contribution < 1.29 is 17.9 Å². The highest BCUT2D eigenvalue weighted by Gasteiger charge is 2.27. The van der Waals surface area contributed by atoms with Crippen LogP contribution >= 0.6 is 0 Å². The van der Waals surface area contributed by atoms with Crippen LogP contribution in [0.1, 0.15) is 11.1 Å². The van der Waals surface area contributed by atoms with Gasteiger partial charge >= 0.3 is 0 Å². The molecule has 162 valence electrons. The van der Waals surface area contributed by atoms with E-state index in [9.17, 15) is 13.2 Å². The highest BCUT2D eigenvalue weighted by molar-refractivity contribution is 7.92. The molecule has 0 heterocycles. The van der Waals surface area contributed by atoms with Gasteiger partial charge in [0.2, 0.25) is 5.91 Å². The first-order valence-corrected chi connectivity index (χ1v) is 11.4. The van der Waals surface area contributed by atoms with Gasteiger partial charge in [0, 0.05) is 0 Å². The van der Waals surface area contributed by atoms with Crippen molar-refractivity contribution in [1.82, 2.24) is 5.32 Å². The molecule has 0 aliphatic heterocycles. The molecule has 31 heavy (non-hydrogen) atoms. The summed E-state index contributed by atoms with van der Waals surface area (Å²) in [7, 11) is -3.91. The smallest absolute Gasteiger partial charge is 0.264 e. The third-order valence-electron chi connectivity index (χ3n) is 4.65. The first kappa shape index (κ1) is 22.4. The summed E-state index contributed by atoms with van der Waals surface area (Å²) in [5.74, 6) is 0.299. The van der Waals surface area contributed by atoms with E-state index in [2.05, 4.69) is 5.32 Å². The molecule has 3 rings (SSSR count). The standard InChI is InChI=1S/C24H26N2O4S/c1-19-8-12-21(13-9-19)26(31(28,29)23-14-10-20(2)11-15-23)18-24(27)25-16-17-30-22-6-4-3-5-7-22/h3-15H,16-18H2,1-2H3,(H,25,27). The first-order chi connectivity index (χ1) is 14.9. The lowest BCUT2D eigenvalue weighted by Gasteiger charge is -2.24. The molecule has 0 bridgehead atoms. The van der Waals surface area contributed by atoms with E-state index >= 15 is 0 Å². The number of rotatable bonds is 9. The minimum Gasteiger partial charge on any atom is -0.492 e. The summed E-state index contributed by atoms with van der Waals surface area (Å²) in [5.41, 5.74) is 2.39. The second kappa shape index (κ2) is 10.1. The Morgan fingerprint density at radius 3 is 2.06 bits per heavy atom. The minimum atomic E-state index is -3.91. The van der Waals surface area contributed by atoms with Crippen LogP contribution in [0, 0.1) is 13.8 Å². The maximum absolute atomic E-state index is 13.3. The fraction of sp³-hybridized carbons (Fsp3) is 0.208. The van der Waals surface area contributed by atoms with E-state index in [1.165, 1.54) is 0 Å². The molecule has 0 fully saturated rings. The maximum atomic E-state index is 13.3. The molecule has 0 aromatic heterocycles. The van der Waals surface area contributed by atoms with Gasteiger partial charge in [-0.05, 0) is 50.2 Å². The Kier molecular flexibility index (Phi) is 7.31. The van der Waals surface area contributed by atoms with Crippen molar-refractivity contribution in [1.29, 1.82) is 0 Å². The Morgan fingerprint density at radius 1 is 0.871 bits per heavy atom. The molecule has 0 aliphatic carbocycles. The Morgan fingerprint density at radius 2 is 1.45 bits per heavy atom. The molecule has 0 aliphatic rings. The SMILES string of the molecule is Cc1ccc(N(CC(=O)NCCOc2ccccc2)S(=O)(=O)c2ccc(C)cc2)cc1. The number of benzene rings is 3. The van der Waals surface area contributed by atoms with Crippen molar-refractivity contribution >= 4 is 21.6 Å². The predicted octanol–water partition coefficient (Wildman–Crippen LogP) is 3.69. The molecular weight excluding hydrogens is 412 g/mol. The molecule has 0 atom stereocenters. The van der Waals surface area contributed by atoms with Crippen LogP contribution in [-0.2, 0) is 14.8 Å². The molecule has 1 N–H and O–H groups in total. The zero-order valence-electron chi connectivity index (χ0n) is 17.6. The molecule has 7 heteroatoms. The molecule has 0 unspecified atom stereocenters. The van der Waals surface area contributed by atoms with Gasteiger partial charge in [-0.25, -0.2) is 8.42 Å². The van der Waals surface area contributed by atoms with Gasteiger partial charge < -0.3 is 10.1 Å². The van der Waals surface area contributed by atoms with Crippen LogP contribution in [0.5, 0.6) is 5.75 Å². The van der Waals surface area contributed by atoms with Crippen molar-refractivity contribution in [3.63, 3.8) is 0 Å². The lowest BCUT2D eigenvalue weighted by Crippen LogP contribution is -2.41. The number of carbonyl (C=O) groups excluding carboxylic acids is 1. The van der Waals surface area contributed by atoms with E-state index in [0.717, 1.165) is 15.4 Å². The number of hydrogen-bond donors (Lipinski definition) is 1. The summed E-state index contributed by atoms with van der Waals surface area (Å²) in [4.78, 5) is 12.7. The number of sulfonamides is 1. The molecule has 0 saturated carbocycles. The average molecular weight is 439 g/mol. The number of hydrogen-bond acceptors (Lipinski definition) is 4. The van der Waals surface area contributed by atoms with Gasteiger partial charge in [-0.1, -0.05) is 53.6 Å². The number of carbonyl (C=O) groups is 1. The van der Waals surface area contributed by atoms with Gasteiger partial charge in [0.15, 0.2) is 0 Å². The Hall–Kier alpha value is -3.32. The van der Waals surface area contributed by atoms with E-state index in [0.29, 0.717) is 11.4 Å². The molecular formula is C24H26N2O4S. The van der Waals surface area contributed by atoms with Crippen molar-refractivity contribution in [2.75, 3.05) is 24.0 Å². The van der Waals surface area contributed by atoms with Crippen molar-refractivity contribution in [3.8, 4) is 5.75 Å². The summed E-state index contributed by atoms with van der Waals surface area (Å²) in [6.07, 6.45) is 0. The number of ether oxygens (including phenoxy) is 1. The minimum absolute atomic E-state index is 0.138. The normalized spacial score (nSPS) is 11.0. The van der Waals surface area contributed by atoms with E-state index < -0.39 is 15.9 Å². The third-order valence-corrected chi connectivity index (χ3v) is 6.44. The van der Waals surface area contributed by atoms with Gasteiger partial charge in [-0.2, -0.15) is 0 Å². The van der Waals surface area contributed by atoms with Crippen LogP contribution < -0.4 is 14.4 Å². The lowest BCUT2D eigenvalue weighted by molar-refractivity contribution is -0.119. The summed E-state index contributed by atoms with van der Waals surface area (Å²) in [6.45, 7) is 4.02. The topological polar surface area (TPSA) is 75.7 Å². The fourth-order valence-electron chi connectivity index (χ4n) is 2.93. The van der Waals surface area contributed by atoms with Crippen LogP contribution in [0.25, 0.3) is 0 Å². The van der Waals surface area contributed by atoms with E-state index in [4.69, 9.17) is 4.74 Å². The molecule has 0 spiro atoms. The molecule has 0 saturated heterocycles.